The molecule has 1 aromatic rings. The highest BCUT2D eigenvalue weighted by Crippen LogP contribution is 2.13. The Morgan fingerprint density at radius 3 is 2.36 bits per heavy atom. The Balaban J connectivity index is 0.000000233. The van der Waals surface area contributed by atoms with E-state index >= 15 is 0 Å². The molecule has 3 aliphatic rings. The van der Waals surface area contributed by atoms with E-state index < -0.39 is 11.4 Å². The van der Waals surface area contributed by atoms with E-state index in [1.54, 1.807) is 17.0 Å². The number of rotatable bonds is 3. The van der Waals surface area contributed by atoms with Gasteiger partial charge in [-0.1, -0.05) is 18.7 Å². The molecule has 28 heavy (non-hydrogen) atoms. The molecule has 1 saturated heterocycles. The van der Waals surface area contributed by atoms with E-state index in [0.717, 1.165) is 5.56 Å². The molecule has 7 nitrogen and oxygen atoms in total. The summed E-state index contributed by atoms with van der Waals surface area (Å²) >= 11 is 0. The van der Waals surface area contributed by atoms with Crippen molar-refractivity contribution in [3.05, 3.63) is 47.8 Å². The first-order valence-electron chi connectivity index (χ1n) is 9.20. The molecule has 1 amide bonds. The summed E-state index contributed by atoms with van der Waals surface area (Å²) in [6.45, 7) is 11.7. The lowest BCUT2D eigenvalue weighted by Crippen LogP contribution is -2.54. The fourth-order valence-electron chi connectivity index (χ4n) is 2.54. The highest BCUT2D eigenvalue weighted by Gasteiger charge is 2.25. The number of carbonyl (C=O) groups excluding carboxylic acids is 2. The molecule has 0 aromatic heterocycles. The zero-order valence-electron chi connectivity index (χ0n) is 16.7. The number of hydrogen-bond acceptors (Lipinski definition) is 6. The van der Waals surface area contributed by atoms with Crippen molar-refractivity contribution < 1.29 is 23.5 Å². The quantitative estimate of drug-likeness (QED) is 0.797. The van der Waals surface area contributed by atoms with Crippen LogP contribution in [-0.2, 0) is 16.1 Å². The van der Waals surface area contributed by atoms with Gasteiger partial charge in [0.25, 0.3) is 0 Å². The number of fused-ring (bicyclic) bond motifs is 4. The lowest BCUT2D eigenvalue weighted by atomic mass is 10.2. The average Bonchev–Trinajstić information content (AvgIpc) is 2.92. The van der Waals surface area contributed by atoms with Crippen molar-refractivity contribution in [2.45, 2.75) is 33.0 Å². The Hall–Kier alpha value is -2.45. The molecule has 8 heteroatoms. The number of hydrogen-bond donors (Lipinski definition) is 1. The van der Waals surface area contributed by atoms with Crippen LogP contribution in [0.5, 0.6) is 0 Å². The van der Waals surface area contributed by atoms with Gasteiger partial charge in [-0.3, -0.25) is 0 Å². The minimum absolute atomic E-state index is 0.117. The minimum atomic E-state index is -0.474. The van der Waals surface area contributed by atoms with Crippen molar-refractivity contribution in [1.82, 2.24) is 15.3 Å². The average molecular weight is 393 g/mol. The van der Waals surface area contributed by atoms with Crippen LogP contribution in [0.15, 0.2) is 36.7 Å². The van der Waals surface area contributed by atoms with E-state index in [-0.39, 0.29) is 18.6 Å². The summed E-state index contributed by atoms with van der Waals surface area (Å²) in [5.41, 5.74) is 4.13. The summed E-state index contributed by atoms with van der Waals surface area (Å²) in [6, 6.07) is 7.37. The minimum Gasteiger partial charge on any atom is -0.457 e. The number of nitrogens with zero attached hydrogens (tertiary/aromatic N) is 2. The van der Waals surface area contributed by atoms with Gasteiger partial charge in [0.15, 0.2) is 0 Å². The lowest BCUT2D eigenvalue weighted by Gasteiger charge is -2.35. The predicted octanol–water partition coefficient (Wildman–Crippen LogP) is 2.88. The first-order valence-corrected chi connectivity index (χ1v) is 9.20. The monoisotopic (exact) mass is 393 g/mol. The van der Waals surface area contributed by atoms with Crippen molar-refractivity contribution >= 4 is 12.1 Å². The molecule has 0 saturated carbocycles. The second kappa shape index (κ2) is 9.66. The summed E-state index contributed by atoms with van der Waals surface area (Å²) in [5.74, 6) is -0.621. The molecule has 1 fully saturated rings. The van der Waals surface area contributed by atoms with Crippen LogP contribution in [0.2, 0.25) is 0 Å². The van der Waals surface area contributed by atoms with Gasteiger partial charge in [0.05, 0.1) is 12.1 Å². The number of benzene rings is 1. The number of ether oxygens (including phenoxy) is 2. The molecular weight excluding hydrogens is 365 g/mol. The van der Waals surface area contributed by atoms with Gasteiger partial charge in [-0.05, 0) is 38.5 Å². The van der Waals surface area contributed by atoms with Crippen LogP contribution in [0.25, 0.3) is 0 Å². The number of halogens is 1. The van der Waals surface area contributed by atoms with E-state index in [1.165, 1.54) is 0 Å². The van der Waals surface area contributed by atoms with Crippen LogP contribution in [0.4, 0.5) is 9.18 Å². The van der Waals surface area contributed by atoms with Gasteiger partial charge in [0.1, 0.15) is 18.0 Å². The van der Waals surface area contributed by atoms with Crippen LogP contribution in [0, 0.1) is 0 Å². The van der Waals surface area contributed by atoms with E-state index in [1.807, 2.05) is 37.9 Å². The maximum atomic E-state index is 12.5. The molecule has 0 aliphatic carbocycles. The zero-order valence-corrected chi connectivity index (χ0v) is 16.7. The Labute approximate surface area is 165 Å². The van der Waals surface area contributed by atoms with Crippen molar-refractivity contribution in [3.63, 3.8) is 0 Å². The molecule has 0 radical (unpaired) electrons. The van der Waals surface area contributed by atoms with Crippen LogP contribution in [0.3, 0.4) is 0 Å². The molecule has 4 rings (SSSR count). The fraction of sp³-hybridized carbons (Fsp3) is 0.500. The van der Waals surface area contributed by atoms with Crippen molar-refractivity contribution in [2.75, 3.05) is 32.7 Å². The van der Waals surface area contributed by atoms with Gasteiger partial charge >= 0.3 is 12.1 Å². The summed E-state index contributed by atoms with van der Waals surface area (Å²) in [7, 11) is 0. The van der Waals surface area contributed by atoms with Crippen molar-refractivity contribution in [2.24, 2.45) is 0 Å². The molecule has 3 aliphatic heterocycles. The molecule has 3 heterocycles. The summed E-state index contributed by atoms with van der Waals surface area (Å²) < 4.78 is 22.6. The Morgan fingerprint density at radius 2 is 1.82 bits per heavy atom. The standard InChI is InChI=1S/C12H22FN3O2.C8H6O2/c1-10(13)9-14-16-7-5-15(6-8-16)11(17)18-12(2,3)4;9-8-7-3-1-6(2-4-7)5-10-8/h14H,1,5-9H2,2-4H3;1-4H,5H2. The zero-order chi connectivity index (χ0) is 20.7. The Bertz CT molecular complexity index is 692. The molecule has 0 unspecified atom stereocenters. The van der Waals surface area contributed by atoms with Crippen LogP contribution < -0.4 is 5.43 Å². The number of piperazine rings is 1. The van der Waals surface area contributed by atoms with Crippen LogP contribution in [0.1, 0.15) is 36.7 Å². The number of amides is 1. The van der Waals surface area contributed by atoms with Gasteiger partial charge in [-0.2, -0.15) is 0 Å². The third-order valence-corrected chi connectivity index (χ3v) is 3.99. The van der Waals surface area contributed by atoms with E-state index in [9.17, 15) is 14.0 Å². The van der Waals surface area contributed by atoms with Gasteiger partial charge in [0.2, 0.25) is 0 Å². The van der Waals surface area contributed by atoms with Crippen molar-refractivity contribution in [1.29, 1.82) is 0 Å². The third kappa shape index (κ3) is 7.28. The first-order chi connectivity index (χ1) is 13.1. The summed E-state index contributed by atoms with van der Waals surface area (Å²) in [6.07, 6.45) is -0.294. The first kappa shape index (κ1) is 21.8. The molecule has 1 aromatic carbocycles. The number of esters is 1. The molecule has 2 bridgehead atoms. The lowest BCUT2D eigenvalue weighted by molar-refractivity contribution is 0.00942. The van der Waals surface area contributed by atoms with Gasteiger partial charge < -0.3 is 14.4 Å². The van der Waals surface area contributed by atoms with E-state index in [0.29, 0.717) is 38.3 Å². The molecule has 154 valence electrons. The highest BCUT2D eigenvalue weighted by molar-refractivity contribution is 5.89. The maximum absolute atomic E-state index is 12.5. The molecule has 0 atom stereocenters. The number of hydrazine groups is 1. The van der Waals surface area contributed by atoms with Crippen molar-refractivity contribution in [3.8, 4) is 0 Å². The SMILES string of the molecule is C=C(F)CNN1CCN(C(=O)OC(C)(C)C)CC1.O=C1OCc2ccc1cc2. The Morgan fingerprint density at radius 1 is 1.21 bits per heavy atom. The largest absolute Gasteiger partial charge is 0.457 e. The van der Waals surface area contributed by atoms with Gasteiger partial charge in [-0.25, -0.2) is 24.4 Å². The number of nitrogens with one attached hydrogen (secondary N) is 1. The highest BCUT2D eigenvalue weighted by atomic mass is 19.1. The van der Waals surface area contributed by atoms with E-state index in [2.05, 4.69) is 12.0 Å². The van der Waals surface area contributed by atoms with E-state index in [4.69, 9.17) is 9.47 Å². The van der Waals surface area contributed by atoms with Crippen LogP contribution in [-0.4, -0.2) is 60.3 Å². The smallest absolute Gasteiger partial charge is 0.410 e. The molecule has 1 N–H and O–H groups in total. The fourth-order valence-corrected chi connectivity index (χ4v) is 2.54. The van der Waals surface area contributed by atoms with Gasteiger partial charge in [-0.15, -0.1) is 0 Å². The van der Waals surface area contributed by atoms with Gasteiger partial charge in [0, 0.05) is 26.2 Å². The second-order valence-corrected chi connectivity index (χ2v) is 7.58. The molecular formula is C20H28FN3O4. The molecule has 0 spiro atoms. The predicted molar refractivity (Wildman–Crippen MR) is 103 cm³/mol. The summed E-state index contributed by atoms with van der Waals surface area (Å²) in [5, 5.41) is 1.88. The topological polar surface area (TPSA) is 71.1 Å². The number of carbonyl (C=O) groups is 2. The Kier molecular flexibility index (Phi) is 7.53. The van der Waals surface area contributed by atoms with Crippen LogP contribution >= 0.6 is 0 Å². The normalized spacial score (nSPS) is 16.6. The summed E-state index contributed by atoms with van der Waals surface area (Å²) in [4.78, 5) is 24.3. The third-order valence-electron chi connectivity index (χ3n) is 3.99. The maximum Gasteiger partial charge on any atom is 0.410 e. The second-order valence-electron chi connectivity index (χ2n) is 7.58.